The third-order valence-electron chi connectivity index (χ3n) is 2.59. The number of ether oxygens (including phenoxy) is 3. The average Bonchev–Trinajstić information content (AvgIpc) is 2.60. The fourth-order valence-electron chi connectivity index (χ4n) is 1.53. The monoisotopic (exact) mass is 417 g/mol. The molecule has 0 saturated heterocycles. The second-order valence-electron chi connectivity index (χ2n) is 4.80. The van der Waals surface area contributed by atoms with Crippen LogP contribution in [0.1, 0.15) is 10.4 Å². The van der Waals surface area contributed by atoms with Crippen LogP contribution in [0.15, 0.2) is 23.3 Å². The number of hydrogen-bond donors (Lipinski definition) is 2. The Bertz CT molecular complexity index is 720. The molecule has 1 aromatic rings. The molecule has 8 nitrogen and oxygen atoms in total. The summed E-state index contributed by atoms with van der Waals surface area (Å²) in [5.41, 5.74) is 1.25. The van der Waals surface area contributed by atoms with E-state index < -0.39 is 54.6 Å². The maximum Gasteiger partial charge on any atom is 0.427 e. The van der Waals surface area contributed by atoms with Crippen LogP contribution in [0, 0.1) is 0 Å². The predicted octanol–water partition coefficient (Wildman–Crippen LogP) is 2.60. The van der Waals surface area contributed by atoms with Gasteiger partial charge >= 0.3 is 18.4 Å². The van der Waals surface area contributed by atoms with E-state index in [2.05, 4.69) is 19.3 Å². The Hall–Kier alpha value is -3.19. The van der Waals surface area contributed by atoms with Gasteiger partial charge in [-0.15, -0.1) is 0 Å². The van der Waals surface area contributed by atoms with Crippen molar-refractivity contribution in [2.24, 2.45) is 5.10 Å². The van der Waals surface area contributed by atoms with E-state index in [0.29, 0.717) is 6.34 Å². The van der Waals surface area contributed by atoms with Gasteiger partial charge in [0.1, 0.15) is 17.8 Å². The van der Waals surface area contributed by atoms with Gasteiger partial charge in [-0.1, -0.05) is 0 Å². The summed E-state index contributed by atoms with van der Waals surface area (Å²) >= 11 is 0. The van der Waals surface area contributed by atoms with Crippen molar-refractivity contribution in [3.8, 4) is 11.5 Å². The van der Waals surface area contributed by atoms with Gasteiger partial charge in [-0.25, -0.2) is 10.2 Å². The number of hydrogen-bond acceptors (Lipinski definition) is 6. The first-order chi connectivity index (χ1) is 12.9. The lowest BCUT2D eigenvalue weighted by Crippen LogP contribution is -2.26. The normalized spacial score (nSPS) is 11.8. The smallest absolute Gasteiger partial charge is 0.427 e. The molecule has 0 fully saturated rings. The fourth-order valence-corrected chi connectivity index (χ4v) is 1.53. The molecule has 0 spiro atoms. The van der Waals surface area contributed by atoms with Crippen LogP contribution in [0.3, 0.4) is 0 Å². The van der Waals surface area contributed by atoms with E-state index in [1.807, 2.05) is 10.7 Å². The highest BCUT2D eigenvalue weighted by Crippen LogP contribution is 2.27. The Morgan fingerprint density at radius 3 is 2.25 bits per heavy atom. The molecule has 156 valence electrons. The minimum absolute atomic E-state index is 0.438. The Labute approximate surface area is 153 Å². The molecular weight excluding hydrogens is 404 g/mol. The topological polar surface area (TPSA) is 98.2 Å². The fraction of sp³-hybridized carbons (Fsp3) is 0.357. The summed E-state index contributed by atoms with van der Waals surface area (Å²) in [4.78, 5) is 22.8. The largest absolute Gasteiger partial charge is 0.484 e. The van der Waals surface area contributed by atoms with Crippen LogP contribution in [0.25, 0.3) is 0 Å². The van der Waals surface area contributed by atoms with E-state index >= 15 is 0 Å². The second kappa shape index (κ2) is 9.66. The van der Waals surface area contributed by atoms with E-state index in [4.69, 9.17) is 0 Å². The maximum atomic E-state index is 12.3. The molecule has 28 heavy (non-hydrogen) atoms. The zero-order valence-electron chi connectivity index (χ0n) is 14.0. The SMILES string of the molecule is COC(=O)N/N=C\NC(=O)c1cc(OCC(F)(F)F)ccc1OCC(F)(F)F. The zero-order valence-corrected chi connectivity index (χ0v) is 14.0. The third-order valence-corrected chi connectivity index (χ3v) is 2.59. The molecule has 14 heteroatoms. The molecule has 0 radical (unpaired) electrons. The van der Waals surface area contributed by atoms with Crippen molar-refractivity contribution < 1.29 is 50.1 Å². The van der Waals surface area contributed by atoms with Gasteiger partial charge in [0.15, 0.2) is 13.2 Å². The van der Waals surface area contributed by atoms with E-state index in [1.165, 1.54) is 0 Å². The molecule has 0 heterocycles. The Balaban J connectivity index is 2.96. The number of hydrazone groups is 1. The summed E-state index contributed by atoms with van der Waals surface area (Å²) in [5.74, 6) is -2.10. The van der Waals surface area contributed by atoms with Gasteiger partial charge < -0.3 is 19.5 Å². The number of carbonyl (C=O) groups excluding carboxylic acids is 2. The Kier molecular flexibility index (Phi) is 7.88. The first kappa shape index (κ1) is 22.9. The number of rotatable bonds is 7. The number of amides is 2. The van der Waals surface area contributed by atoms with Crippen LogP contribution in [0.4, 0.5) is 31.1 Å². The molecule has 0 bridgehead atoms. The molecule has 0 aromatic heterocycles. The summed E-state index contributed by atoms with van der Waals surface area (Å²) in [6, 6.07) is 2.51. The number of carbonyl (C=O) groups is 2. The molecule has 2 N–H and O–H groups in total. The van der Waals surface area contributed by atoms with Gasteiger partial charge in [-0.3, -0.25) is 4.79 Å². The highest BCUT2D eigenvalue weighted by Gasteiger charge is 2.30. The van der Waals surface area contributed by atoms with Crippen LogP contribution >= 0.6 is 0 Å². The Morgan fingerprint density at radius 2 is 1.68 bits per heavy atom. The highest BCUT2D eigenvalue weighted by atomic mass is 19.4. The minimum atomic E-state index is -4.72. The lowest BCUT2D eigenvalue weighted by atomic mass is 10.1. The van der Waals surface area contributed by atoms with Crippen LogP contribution in [0.5, 0.6) is 11.5 Å². The molecule has 0 aliphatic carbocycles. The zero-order chi connectivity index (χ0) is 21.4. The van der Waals surface area contributed by atoms with Gasteiger partial charge in [0.25, 0.3) is 5.91 Å². The van der Waals surface area contributed by atoms with Crippen molar-refractivity contribution in [1.29, 1.82) is 0 Å². The third kappa shape index (κ3) is 8.95. The minimum Gasteiger partial charge on any atom is -0.484 e. The average molecular weight is 417 g/mol. The summed E-state index contributed by atoms with van der Waals surface area (Å²) in [7, 11) is 1.04. The molecule has 0 saturated carbocycles. The lowest BCUT2D eigenvalue weighted by molar-refractivity contribution is -0.154. The quantitative estimate of drug-likeness (QED) is 0.308. The number of nitrogens with one attached hydrogen (secondary N) is 2. The van der Waals surface area contributed by atoms with Crippen LogP contribution in [-0.4, -0.2) is 51.0 Å². The van der Waals surface area contributed by atoms with Crippen molar-refractivity contribution >= 4 is 18.3 Å². The first-order valence-corrected chi connectivity index (χ1v) is 7.11. The highest BCUT2D eigenvalue weighted by molar-refractivity contribution is 6.03. The Morgan fingerprint density at radius 1 is 1.07 bits per heavy atom. The van der Waals surface area contributed by atoms with E-state index in [9.17, 15) is 35.9 Å². The maximum absolute atomic E-state index is 12.3. The molecule has 1 aromatic carbocycles. The number of alkyl halides is 6. The van der Waals surface area contributed by atoms with E-state index in [0.717, 1.165) is 25.3 Å². The van der Waals surface area contributed by atoms with Crippen LogP contribution in [0.2, 0.25) is 0 Å². The van der Waals surface area contributed by atoms with Gasteiger partial charge in [0.2, 0.25) is 0 Å². The van der Waals surface area contributed by atoms with E-state index in [-0.39, 0.29) is 0 Å². The van der Waals surface area contributed by atoms with Gasteiger partial charge in [-0.05, 0) is 18.2 Å². The van der Waals surface area contributed by atoms with E-state index in [1.54, 1.807) is 0 Å². The molecule has 0 atom stereocenters. The van der Waals surface area contributed by atoms with Crippen molar-refractivity contribution in [3.05, 3.63) is 23.8 Å². The van der Waals surface area contributed by atoms with Crippen molar-refractivity contribution in [1.82, 2.24) is 10.7 Å². The molecule has 0 unspecified atom stereocenters. The first-order valence-electron chi connectivity index (χ1n) is 7.11. The lowest BCUT2D eigenvalue weighted by Gasteiger charge is -2.14. The predicted molar refractivity (Wildman–Crippen MR) is 81.0 cm³/mol. The summed E-state index contributed by atoms with van der Waals surface area (Å²) < 4.78 is 86.7. The number of halogens is 6. The van der Waals surface area contributed by atoms with Gasteiger partial charge in [0.05, 0.1) is 12.7 Å². The van der Waals surface area contributed by atoms with Crippen LogP contribution in [-0.2, 0) is 4.74 Å². The summed E-state index contributed by atoms with van der Waals surface area (Å²) in [5, 5.41) is 5.21. The second-order valence-corrected chi connectivity index (χ2v) is 4.80. The number of methoxy groups -OCH3 is 1. The molecule has 0 aliphatic heterocycles. The molecule has 1 rings (SSSR count). The number of benzene rings is 1. The van der Waals surface area contributed by atoms with Crippen molar-refractivity contribution in [2.75, 3.05) is 20.3 Å². The summed E-state index contributed by atoms with van der Waals surface area (Å²) in [6.07, 6.45) is -9.69. The molecule has 0 aliphatic rings. The molecule has 2 amide bonds. The van der Waals surface area contributed by atoms with Crippen molar-refractivity contribution in [2.45, 2.75) is 12.4 Å². The standard InChI is InChI=1S/C14H13F6N3O5/c1-26-12(25)23-22-7-21-11(24)9-4-8(27-5-13(15,16)17)2-3-10(9)28-6-14(18,19)20/h2-4,7H,5-6H2,1H3,(H,23,25)(H,21,22,24). The van der Waals surface area contributed by atoms with Crippen molar-refractivity contribution in [3.63, 3.8) is 0 Å². The summed E-state index contributed by atoms with van der Waals surface area (Å²) in [6.45, 7) is -3.42. The number of nitrogens with zero attached hydrogens (tertiary/aromatic N) is 1. The molecular formula is C14H13F6N3O5. The van der Waals surface area contributed by atoms with Gasteiger partial charge in [-0.2, -0.15) is 31.4 Å². The van der Waals surface area contributed by atoms with Gasteiger partial charge in [0, 0.05) is 0 Å². The van der Waals surface area contributed by atoms with Crippen LogP contribution < -0.4 is 20.2 Å².